The molecule has 4 rings (SSSR count). The van der Waals surface area contributed by atoms with Crippen molar-refractivity contribution in [3.8, 4) is 0 Å². The van der Waals surface area contributed by atoms with Crippen LogP contribution < -0.4 is 9.52 Å². The predicted octanol–water partition coefficient (Wildman–Crippen LogP) is 4.09. The fourth-order valence-electron chi connectivity index (χ4n) is 3.02. The Kier molecular flexibility index (Phi) is 5.27. The number of hydrogen-bond acceptors (Lipinski definition) is 4. The van der Waals surface area contributed by atoms with Crippen LogP contribution in [-0.4, -0.2) is 18.9 Å². The van der Waals surface area contributed by atoms with Crippen LogP contribution in [0.25, 0.3) is 10.2 Å². The van der Waals surface area contributed by atoms with Crippen LogP contribution in [0.4, 0.5) is 5.69 Å². The molecule has 8 heteroatoms. The van der Waals surface area contributed by atoms with Crippen molar-refractivity contribution < 1.29 is 13.2 Å². The van der Waals surface area contributed by atoms with Gasteiger partial charge in [0.05, 0.1) is 26.4 Å². The summed E-state index contributed by atoms with van der Waals surface area (Å²) in [5, 5.41) is 0. The van der Waals surface area contributed by atoms with E-state index in [1.54, 1.807) is 36.4 Å². The fraction of sp³-hybridized carbons (Fsp3) is 0.0909. The number of benzene rings is 3. The zero-order chi connectivity index (χ0) is 21.3. The zero-order valence-electron chi connectivity index (χ0n) is 16.4. The number of aromatic nitrogens is 1. The van der Waals surface area contributed by atoms with Crippen molar-refractivity contribution in [2.24, 2.45) is 12.0 Å². The topological polar surface area (TPSA) is 80.5 Å². The Hall–Kier alpha value is -3.23. The Morgan fingerprint density at radius 2 is 1.63 bits per heavy atom. The number of aryl methyl sites for hydroxylation is 2. The molecule has 0 bridgehead atoms. The van der Waals surface area contributed by atoms with Crippen molar-refractivity contribution in [3.63, 3.8) is 0 Å². The fourth-order valence-corrected chi connectivity index (χ4v) is 5.11. The molecule has 4 aromatic rings. The van der Waals surface area contributed by atoms with Gasteiger partial charge in [-0.2, -0.15) is 4.99 Å². The summed E-state index contributed by atoms with van der Waals surface area (Å²) in [5.74, 6) is -0.514. The molecule has 6 nitrogen and oxygen atoms in total. The Morgan fingerprint density at radius 3 is 2.37 bits per heavy atom. The van der Waals surface area contributed by atoms with E-state index in [0.29, 0.717) is 4.80 Å². The SMILES string of the molecule is Cc1ccc(S(=O)(=O)Nc2ccccc2C(=O)N=c2sc3ccccc3n2C)cc1. The molecular weight excluding hydrogens is 418 g/mol. The maximum absolute atomic E-state index is 12.9. The largest absolute Gasteiger partial charge is 0.319 e. The van der Waals surface area contributed by atoms with Crippen molar-refractivity contribution in [3.05, 3.63) is 88.7 Å². The molecule has 30 heavy (non-hydrogen) atoms. The molecule has 0 spiro atoms. The van der Waals surface area contributed by atoms with Crippen molar-refractivity contribution in [2.45, 2.75) is 11.8 Å². The van der Waals surface area contributed by atoms with Crippen LogP contribution in [0.15, 0.2) is 82.7 Å². The lowest BCUT2D eigenvalue weighted by molar-refractivity contribution is 0.0999. The molecule has 152 valence electrons. The van der Waals surface area contributed by atoms with E-state index in [0.717, 1.165) is 15.8 Å². The van der Waals surface area contributed by atoms with Gasteiger partial charge >= 0.3 is 0 Å². The number of fused-ring (bicyclic) bond motifs is 1. The van der Waals surface area contributed by atoms with E-state index >= 15 is 0 Å². The molecular formula is C22H19N3O3S2. The van der Waals surface area contributed by atoms with Gasteiger partial charge in [0.15, 0.2) is 4.80 Å². The second kappa shape index (κ2) is 7.89. The van der Waals surface area contributed by atoms with Gasteiger partial charge in [0.1, 0.15) is 0 Å². The Morgan fingerprint density at radius 1 is 0.967 bits per heavy atom. The second-order valence-electron chi connectivity index (χ2n) is 6.79. The molecule has 1 amide bonds. The highest BCUT2D eigenvalue weighted by molar-refractivity contribution is 7.92. The average molecular weight is 438 g/mol. The number of carbonyl (C=O) groups is 1. The summed E-state index contributed by atoms with van der Waals surface area (Å²) >= 11 is 1.40. The van der Waals surface area contributed by atoms with Crippen LogP contribution in [0.5, 0.6) is 0 Å². The molecule has 3 aromatic carbocycles. The van der Waals surface area contributed by atoms with E-state index in [2.05, 4.69) is 9.71 Å². The average Bonchev–Trinajstić information content (AvgIpc) is 3.04. The number of hydrogen-bond donors (Lipinski definition) is 1. The lowest BCUT2D eigenvalue weighted by Crippen LogP contribution is -2.17. The molecule has 0 saturated carbocycles. The second-order valence-corrected chi connectivity index (χ2v) is 9.48. The van der Waals surface area contributed by atoms with Gasteiger partial charge in [-0.05, 0) is 43.3 Å². The van der Waals surface area contributed by atoms with E-state index < -0.39 is 15.9 Å². The summed E-state index contributed by atoms with van der Waals surface area (Å²) in [6.07, 6.45) is 0. The van der Waals surface area contributed by atoms with E-state index in [1.165, 1.54) is 23.5 Å². The third-order valence-corrected chi connectivity index (χ3v) is 7.14. The van der Waals surface area contributed by atoms with Crippen molar-refractivity contribution in [2.75, 3.05) is 4.72 Å². The van der Waals surface area contributed by atoms with Gasteiger partial charge in [0, 0.05) is 7.05 Å². The molecule has 0 fully saturated rings. The van der Waals surface area contributed by atoms with Gasteiger partial charge in [-0.15, -0.1) is 0 Å². The number of amides is 1. The molecule has 0 atom stereocenters. The number of thiazole rings is 1. The number of nitrogens with zero attached hydrogens (tertiary/aromatic N) is 2. The van der Waals surface area contributed by atoms with Crippen molar-refractivity contribution >= 4 is 43.2 Å². The first-order chi connectivity index (χ1) is 14.3. The van der Waals surface area contributed by atoms with E-state index in [-0.39, 0.29) is 16.1 Å². The van der Waals surface area contributed by atoms with Crippen LogP contribution >= 0.6 is 11.3 Å². The molecule has 0 aliphatic heterocycles. The minimum atomic E-state index is -3.83. The van der Waals surface area contributed by atoms with Gasteiger partial charge in [0.2, 0.25) is 0 Å². The number of carbonyl (C=O) groups excluding carboxylic acids is 1. The summed E-state index contributed by atoms with van der Waals surface area (Å²) < 4.78 is 30.9. The van der Waals surface area contributed by atoms with Crippen LogP contribution in [0.2, 0.25) is 0 Å². The molecule has 1 aromatic heterocycles. The number of anilines is 1. The maximum atomic E-state index is 12.9. The van der Waals surface area contributed by atoms with Crippen molar-refractivity contribution in [1.82, 2.24) is 4.57 Å². The monoisotopic (exact) mass is 437 g/mol. The van der Waals surface area contributed by atoms with Crippen LogP contribution in [0, 0.1) is 6.92 Å². The number of nitrogens with one attached hydrogen (secondary N) is 1. The number of rotatable bonds is 4. The van der Waals surface area contributed by atoms with Crippen LogP contribution in [0.3, 0.4) is 0 Å². The highest BCUT2D eigenvalue weighted by Crippen LogP contribution is 2.22. The molecule has 0 saturated heterocycles. The molecule has 1 heterocycles. The Balaban J connectivity index is 1.71. The van der Waals surface area contributed by atoms with Crippen molar-refractivity contribution in [1.29, 1.82) is 0 Å². The van der Waals surface area contributed by atoms with E-state index in [1.807, 2.05) is 42.8 Å². The minimum absolute atomic E-state index is 0.128. The quantitative estimate of drug-likeness (QED) is 0.522. The third kappa shape index (κ3) is 3.92. The summed E-state index contributed by atoms with van der Waals surface area (Å²) in [7, 11) is -1.99. The summed E-state index contributed by atoms with van der Waals surface area (Å²) in [5.41, 5.74) is 2.31. The van der Waals surface area contributed by atoms with Gasteiger partial charge in [0.25, 0.3) is 15.9 Å². The standard InChI is InChI=1S/C22H19N3O3S2/c1-15-11-13-16(14-12-15)30(27,28)24-18-8-4-3-7-17(18)21(26)23-22-25(2)19-9-5-6-10-20(19)29-22/h3-14,24H,1-2H3. The lowest BCUT2D eigenvalue weighted by Gasteiger charge is -2.11. The highest BCUT2D eigenvalue weighted by atomic mass is 32.2. The zero-order valence-corrected chi connectivity index (χ0v) is 18.0. The molecule has 0 aliphatic rings. The smallest absolute Gasteiger partial charge is 0.281 e. The number of para-hydroxylation sites is 2. The normalized spacial score (nSPS) is 12.3. The first-order valence-electron chi connectivity index (χ1n) is 9.17. The van der Waals surface area contributed by atoms with Gasteiger partial charge in [-0.3, -0.25) is 9.52 Å². The third-order valence-electron chi connectivity index (χ3n) is 4.65. The van der Waals surface area contributed by atoms with Gasteiger partial charge in [-0.25, -0.2) is 8.42 Å². The Bertz CT molecular complexity index is 1420. The summed E-state index contributed by atoms with van der Waals surface area (Å²) in [4.78, 5) is 17.8. The van der Waals surface area contributed by atoms with E-state index in [4.69, 9.17) is 0 Å². The predicted molar refractivity (Wildman–Crippen MR) is 119 cm³/mol. The first kappa shape index (κ1) is 20.1. The summed E-state index contributed by atoms with van der Waals surface area (Å²) in [6.45, 7) is 1.88. The molecule has 0 radical (unpaired) electrons. The lowest BCUT2D eigenvalue weighted by atomic mass is 10.2. The molecule has 0 aliphatic carbocycles. The number of sulfonamides is 1. The van der Waals surface area contributed by atoms with Gasteiger partial charge < -0.3 is 4.57 Å². The molecule has 0 unspecified atom stereocenters. The first-order valence-corrected chi connectivity index (χ1v) is 11.5. The summed E-state index contributed by atoms with van der Waals surface area (Å²) in [6, 6.07) is 20.8. The highest BCUT2D eigenvalue weighted by Gasteiger charge is 2.18. The Labute approximate surface area is 178 Å². The maximum Gasteiger partial charge on any atom is 0.281 e. The van der Waals surface area contributed by atoms with Crippen LogP contribution in [0.1, 0.15) is 15.9 Å². The van der Waals surface area contributed by atoms with Crippen LogP contribution in [-0.2, 0) is 17.1 Å². The van der Waals surface area contributed by atoms with E-state index in [9.17, 15) is 13.2 Å². The molecule has 1 N–H and O–H groups in total. The van der Waals surface area contributed by atoms with Gasteiger partial charge in [-0.1, -0.05) is 53.3 Å². The minimum Gasteiger partial charge on any atom is -0.319 e.